The van der Waals surface area contributed by atoms with E-state index in [1.807, 2.05) is 20.8 Å². The zero-order valence-electron chi connectivity index (χ0n) is 17.0. The Morgan fingerprint density at radius 3 is 2.28 bits per heavy atom. The average Bonchev–Trinajstić information content (AvgIpc) is 2.65. The van der Waals surface area contributed by atoms with Gasteiger partial charge >= 0.3 is 12.2 Å². The average molecular weight is 429 g/mol. The number of urea groups is 1. The number of carbonyl (C=O) groups excluding carboxylic acids is 1. The third-order valence-corrected chi connectivity index (χ3v) is 4.93. The molecule has 0 atom stereocenters. The van der Waals surface area contributed by atoms with E-state index >= 15 is 0 Å². The molecular formula is C21H24ClF3N2O2. The molecule has 0 aliphatic carbocycles. The van der Waals surface area contributed by atoms with E-state index in [1.165, 1.54) is 6.07 Å². The quantitative estimate of drug-likeness (QED) is 0.533. The summed E-state index contributed by atoms with van der Waals surface area (Å²) in [4.78, 5) is 15.9. The highest BCUT2D eigenvalue weighted by molar-refractivity contribution is 6.31. The second-order valence-corrected chi connectivity index (χ2v) is 7.09. The van der Waals surface area contributed by atoms with Crippen LogP contribution in [0.2, 0.25) is 5.02 Å². The number of hydrogen-bond acceptors (Lipinski definition) is 2. The summed E-state index contributed by atoms with van der Waals surface area (Å²) in [6, 6.07) is 6.82. The molecule has 0 aliphatic heterocycles. The number of anilines is 1. The van der Waals surface area contributed by atoms with Gasteiger partial charge in [-0.2, -0.15) is 13.2 Å². The number of benzene rings is 2. The number of carbonyl (C=O) groups is 1. The third-order valence-electron chi connectivity index (χ3n) is 4.60. The molecule has 0 aliphatic rings. The zero-order valence-corrected chi connectivity index (χ0v) is 17.8. The molecule has 0 saturated carbocycles. The number of hydrogen-bond donors (Lipinski definition) is 0. The van der Waals surface area contributed by atoms with Crippen molar-refractivity contribution in [1.82, 2.24) is 4.90 Å². The van der Waals surface area contributed by atoms with Crippen LogP contribution in [-0.2, 0) is 6.18 Å². The molecular weight excluding hydrogens is 405 g/mol. The molecule has 158 valence electrons. The molecule has 0 heterocycles. The van der Waals surface area contributed by atoms with Crippen molar-refractivity contribution in [2.24, 2.45) is 0 Å². The molecule has 8 heteroatoms. The van der Waals surface area contributed by atoms with Gasteiger partial charge in [0.15, 0.2) is 0 Å². The van der Waals surface area contributed by atoms with Crippen LogP contribution in [-0.4, -0.2) is 31.1 Å². The van der Waals surface area contributed by atoms with Gasteiger partial charge in [0.25, 0.3) is 0 Å². The van der Waals surface area contributed by atoms with Gasteiger partial charge in [-0.15, -0.1) is 0 Å². The van der Waals surface area contributed by atoms with Crippen LogP contribution >= 0.6 is 11.6 Å². The summed E-state index contributed by atoms with van der Waals surface area (Å²) in [5.41, 5.74) is 1.25. The van der Waals surface area contributed by atoms with Gasteiger partial charge in [0.1, 0.15) is 11.5 Å². The normalized spacial score (nSPS) is 11.3. The van der Waals surface area contributed by atoms with Gasteiger partial charge in [0.2, 0.25) is 0 Å². The largest absolute Gasteiger partial charge is 0.457 e. The summed E-state index contributed by atoms with van der Waals surface area (Å²) in [5, 5.41) is -0.384. The maximum absolute atomic E-state index is 13.1. The maximum Gasteiger partial charge on any atom is 0.417 e. The molecule has 4 nitrogen and oxygen atoms in total. The van der Waals surface area contributed by atoms with Gasteiger partial charge in [-0.25, -0.2) is 4.79 Å². The number of alkyl halides is 3. The summed E-state index contributed by atoms with van der Waals surface area (Å²) in [6.07, 6.45) is -4.57. The third kappa shape index (κ3) is 5.15. The second-order valence-electron chi connectivity index (χ2n) is 6.69. The Kier molecular flexibility index (Phi) is 7.06. The molecule has 0 bridgehead atoms. The van der Waals surface area contributed by atoms with Crippen LogP contribution < -0.4 is 9.64 Å². The van der Waals surface area contributed by atoms with E-state index in [4.69, 9.17) is 16.3 Å². The van der Waals surface area contributed by atoms with Crippen molar-refractivity contribution in [1.29, 1.82) is 0 Å². The van der Waals surface area contributed by atoms with E-state index in [2.05, 4.69) is 0 Å². The smallest absolute Gasteiger partial charge is 0.417 e. The van der Waals surface area contributed by atoms with Crippen LogP contribution in [0.1, 0.15) is 30.5 Å². The van der Waals surface area contributed by atoms with Crippen LogP contribution in [0.25, 0.3) is 0 Å². The molecule has 0 fully saturated rings. The van der Waals surface area contributed by atoms with Gasteiger partial charge in [0.05, 0.1) is 10.6 Å². The Labute approximate surface area is 173 Å². The number of halogens is 4. The number of aryl methyl sites for hydroxylation is 2. The summed E-state index contributed by atoms with van der Waals surface area (Å²) in [5.74, 6) is 0.445. The standard InChI is InChI=1S/C21H24ClF3N2O2/c1-6-26(5)20(28)27(7-2)18-10-14(4)19(11-13(18)3)29-15-8-9-17(22)16(12-15)21(23,24)25/h8-12H,6-7H2,1-5H3. The van der Waals surface area contributed by atoms with Crippen LogP contribution in [0, 0.1) is 13.8 Å². The Hall–Kier alpha value is -2.41. The first-order chi connectivity index (χ1) is 13.5. The van der Waals surface area contributed by atoms with E-state index < -0.39 is 11.7 Å². The van der Waals surface area contributed by atoms with Crippen molar-refractivity contribution in [2.75, 3.05) is 25.0 Å². The molecule has 0 saturated heterocycles. The van der Waals surface area contributed by atoms with Crippen molar-refractivity contribution < 1.29 is 22.7 Å². The highest BCUT2D eigenvalue weighted by atomic mass is 35.5. The lowest BCUT2D eigenvalue weighted by molar-refractivity contribution is -0.137. The molecule has 0 unspecified atom stereocenters. The van der Waals surface area contributed by atoms with E-state index in [1.54, 1.807) is 35.9 Å². The minimum absolute atomic E-state index is 0.0334. The minimum atomic E-state index is -4.57. The van der Waals surface area contributed by atoms with Crippen LogP contribution in [0.5, 0.6) is 11.5 Å². The Bertz CT molecular complexity index is 900. The van der Waals surface area contributed by atoms with E-state index in [-0.39, 0.29) is 16.8 Å². The van der Waals surface area contributed by atoms with Crippen molar-refractivity contribution in [2.45, 2.75) is 33.9 Å². The predicted molar refractivity (Wildman–Crippen MR) is 109 cm³/mol. The topological polar surface area (TPSA) is 32.8 Å². The van der Waals surface area contributed by atoms with E-state index in [9.17, 15) is 18.0 Å². The SMILES string of the molecule is CCN(C)C(=O)N(CC)c1cc(C)c(Oc2ccc(Cl)c(C(F)(F)F)c2)cc1C. The van der Waals surface area contributed by atoms with Gasteiger partial charge < -0.3 is 9.64 Å². The van der Waals surface area contributed by atoms with Crippen molar-refractivity contribution in [3.05, 3.63) is 52.0 Å². The molecule has 2 amide bonds. The van der Waals surface area contributed by atoms with Crippen LogP contribution in [0.15, 0.2) is 30.3 Å². The molecule has 0 spiro atoms. The Balaban J connectivity index is 2.38. The summed E-state index contributed by atoms with van der Waals surface area (Å²) in [7, 11) is 1.73. The molecule has 29 heavy (non-hydrogen) atoms. The fourth-order valence-corrected chi connectivity index (χ4v) is 3.06. The van der Waals surface area contributed by atoms with Gasteiger partial charge in [-0.05, 0) is 69.2 Å². The molecule has 2 rings (SSSR count). The Morgan fingerprint density at radius 2 is 1.72 bits per heavy atom. The molecule has 2 aromatic carbocycles. The molecule has 0 radical (unpaired) electrons. The summed E-state index contributed by atoms with van der Waals surface area (Å²) >= 11 is 5.66. The molecule has 0 N–H and O–H groups in total. The lowest BCUT2D eigenvalue weighted by Crippen LogP contribution is -2.41. The highest BCUT2D eigenvalue weighted by Gasteiger charge is 2.33. The van der Waals surface area contributed by atoms with Gasteiger partial charge in [0, 0.05) is 25.8 Å². The fourth-order valence-electron chi connectivity index (χ4n) is 2.84. The second kappa shape index (κ2) is 8.95. The van der Waals surface area contributed by atoms with Crippen LogP contribution in [0.3, 0.4) is 0 Å². The van der Waals surface area contributed by atoms with E-state index in [0.29, 0.717) is 24.4 Å². The fraction of sp³-hybridized carbons (Fsp3) is 0.381. The zero-order chi connectivity index (χ0) is 21.9. The van der Waals surface area contributed by atoms with Crippen molar-refractivity contribution >= 4 is 23.3 Å². The number of nitrogens with zero attached hydrogens (tertiary/aromatic N) is 2. The highest BCUT2D eigenvalue weighted by Crippen LogP contribution is 2.39. The molecule has 0 aromatic heterocycles. The van der Waals surface area contributed by atoms with Crippen molar-refractivity contribution in [3.63, 3.8) is 0 Å². The summed E-state index contributed by atoms with van der Waals surface area (Å²) < 4.78 is 44.9. The maximum atomic E-state index is 13.1. The lowest BCUT2D eigenvalue weighted by atomic mass is 10.1. The summed E-state index contributed by atoms with van der Waals surface area (Å²) in [6.45, 7) is 8.44. The number of amides is 2. The predicted octanol–water partition coefficient (Wildman–Crippen LogP) is 6.67. The lowest BCUT2D eigenvalue weighted by Gasteiger charge is -2.28. The van der Waals surface area contributed by atoms with Crippen LogP contribution in [0.4, 0.5) is 23.7 Å². The first-order valence-electron chi connectivity index (χ1n) is 9.18. The minimum Gasteiger partial charge on any atom is -0.457 e. The first-order valence-corrected chi connectivity index (χ1v) is 9.55. The monoisotopic (exact) mass is 428 g/mol. The van der Waals surface area contributed by atoms with Gasteiger partial charge in [-0.1, -0.05) is 11.6 Å². The van der Waals surface area contributed by atoms with Gasteiger partial charge in [-0.3, -0.25) is 4.90 Å². The van der Waals surface area contributed by atoms with E-state index in [0.717, 1.165) is 23.4 Å². The Morgan fingerprint density at radius 1 is 1.07 bits per heavy atom. The number of rotatable bonds is 5. The van der Waals surface area contributed by atoms with Crippen molar-refractivity contribution in [3.8, 4) is 11.5 Å². The first kappa shape index (κ1) is 22.9. The molecule has 2 aromatic rings. The number of ether oxygens (including phenoxy) is 1.